The summed E-state index contributed by atoms with van der Waals surface area (Å²) < 4.78 is 11.6. The van der Waals surface area contributed by atoms with Crippen molar-refractivity contribution in [1.29, 1.82) is 0 Å². The van der Waals surface area contributed by atoms with Gasteiger partial charge in [0.1, 0.15) is 24.7 Å². The molecular weight excluding hydrogens is 350 g/mol. The number of carbonyl (C=O) groups excluding carboxylic acids is 1. The second kappa shape index (κ2) is 9.42. The second-order valence-corrected chi connectivity index (χ2v) is 6.47. The standard InChI is InChI=1S/C24H23NO3/c1-18(2)16-27-22-14-8-6-12-20(22)24(26)25-21-13-7-9-15-23(21)28-17-19-10-4-3-5-11-19/h3-15H,1,16-17H2,2H3,(H,25,26). The van der Waals surface area contributed by atoms with E-state index in [-0.39, 0.29) is 5.91 Å². The van der Waals surface area contributed by atoms with Gasteiger partial charge in [-0.15, -0.1) is 0 Å². The Hall–Kier alpha value is -3.53. The molecule has 3 aromatic carbocycles. The first-order valence-electron chi connectivity index (χ1n) is 9.07. The maximum absolute atomic E-state index is 12.8. The third-order valence-corrected chi connectivity index (χ3v) is 3.98. The monoisotopic (exact) mass is 373 g/mol. The Morgan fingerprint density at radius 2 is 1.50 bits per heavy atom. The lowest BCUT2D eigenvalue weighted by molar-refractivity contribution is 0.102. The summed E-state index contributed by atoms with van der Waals surface area (Å²) in [5.41, 5.74) is 3.01. The predicted octanol–water partition coefficient (Wildman–Crippen LogP) is 5.47. The van der Waals surface area contributed by atoms with Gasteiger partial charge in [-0.3, -0.25) is 4.79 Å². The molecule has 0 saturated heterocycles. The van der Waals surface area contributed by atoms with Crippen LogP contribution < -0.4 is 14.8 Å². The third-order valence-electron chi connectivity index (χ3n) is 3.98. The van der Waals surface area contributed by atoms with Crippen molar-refractivity contribution in [1.82, 2.24) is 0 Å². The van der Waals surface area contributed by atoms with Gasteiger partial charge in [0.2, 0.25) is 0 Å². The normalized spacial score (nSPS) is 10.2. The molecule has 1 N–H and O–H groups in total. The number of rotatable bonds is 8. The van der Waals surface area contributed by atoms with Gasteiger partial charge >= 0.3 is 0 Å². The molecule has 0 heterocycles. The van der Waals surface area contributed by atoms with Crippen LogP contribution in [0.3, 0.4) is 0 Å². The lowest BCUT2D eigenvalue weighted by Gasteiger charge is -2.14. The van der Waals surface area contributed by atoms with E-state index in [1.54, 1.807) is 18.2 Å². The molecule has 0 aromatic heterocycles. The lowest BCUT2D eigenvalue weighted by atomic mass is 10.1. The van der Waals surface area contributed by atoms with Crippen LogP contribution in [0.4, 0.5) is 5.69 Å². The Morgan fingerprint density at radius 3 is 2.25 bits per heavy atom. The van der Waals surface area contributed by atoms with Gasteiger partial charge < -0.3 is 14.8 Å². The summed E-state index contributed by atoms with van der Waals surface area (Å²) in [6.45, 7) is 6.49. The number of ether oxygens (including phenoxy) is 2. The van der Waals surface area contributed by atoms with Crippen LogP contribution in [0, 0.1) is 0 Å². The van der Waals surface area contributed by atoms with Gasteiger partial charge in [0.15, 0.2) is 0 Å². The van der Waals surface area contributed by atoms with Gasteiger partial charge in [0.05, 0.1) is 11.3 Å². The molecule has 0 bridgehead atoms. The third kappa shape index (κ3) is 5.24. The maximum Gasteiger partial charge on any atom is 0.259 e. The Labute approximate surface area is 165 Å². The van der Waals surface area contributed by atoms with Crippen molar-refractivity contribution in [2.24, 2.45) is 0 Å². The smallest absolute Gasteiger partial charge is 0.259 e. The first-order valence-corrected chi connectivity index (χ1v) is 9.07. The molecule has 0 saturated carbocycles. The summed E-state index contributed by atoms with van der Waals surface area (Å²) in [5.74, 6) is 0.874. The van der Waals surface area contributed by atoms with Gasteiger partial charge in [-0.05, 0) is 42.3 Å². The zero-order chi connectivity index (χ0) is 19.8. The molecule has 0 unspecified atom stereocenters. The van der Waals surface area contributed by atoms with Gasteiger partial charge in [0, 0.05) is 0 Å². The minimum Gasteiger partial charge on any atom is -0.488 e. The van der Waals surface area contributed by atoms with E-state index in [1.165, 1.54) is 0 Å². The molecule has 0 aliphatic carbocycles. The van der Waals surface area contributed by atoms with Gasteiger partial charge in [-0.25, -0.2) is 0 Å². The molecule has 28 heavy (non-hydrogen) atoms. The molecule has 0 atom stereocenters. The minimum atomic E-state index is -0.256. The van der Waals surface area contributed by atoms with Gasteiger partial charge in [-0.1, -0.05) is 61.2 Å². The molecule has 4 heteroatoms. The van der Waals surface area contributed by atoms with Crippen molar-refractivity contribution in [2.45, 2.75) is 13.5 Å². The largest absolute Gasteiger partial charge is 0.488 e. The number of anilines is 1. The summed E-state index contributed by atoms with van der Waals surface area (Å²) in [7, 11) is 0. The molecule has 3 rings (SSSR count). The number of nitrogens with one attached hydrogen (secondary N) is 1. The second-order valence-electron chi connectivity index (χ2n) is 6.47. The fourth-order valence-corrected chi connectivity index (χ4v) is 2.60. The van der Waals surface area contributed by atoms with E-state index in [0.717, 1.165) is 11.1 Å². The van der Waals surface area contributed by atoms with E-state index < -0.39 is 0 Å². The number of hydrogen-bond acceptors (Lipinski definition) is 3. The van der Waals surface area contributed by atoms with Crippen LogP contribution in [0.2, 0.25) is 0 Å². The molecule has 1 amide bonds. The summed E-state index contributed by atoms with van der Waals surface area (Å²) in [4.78, 5) is 12.8. The molecule has 0 spiro atoms. The number of para-hydroxylation sites is 3. The molecule has 0 aliphatic rings. The van der Waals surface area contributed by atoms with Crippen LogP contribution in [0.15, 0.2) is 91.0 Å². The molecule has 3 aromatic rings. The van der Waals surface area contributed by atoms with Crippen molar-refractivity contribution in [3.8, 4) is 11.5 Å². The average Bonchev–Trinajstić information content (AvgIpc) is 2.72. The van der Waals surface area contributed by atoms with Crippen LogP contribution >= 0.6 is 0 Å². The minimum absolute atomic E-state index is 0.256. The highest BCUT2D eigenvalue weighted by molar-refractivity contribution is 6.06. The topological polar surface area (TPSA) is 47.6 Å². The number of amides is 1. The van der Waals surface area contributed by atoms with Crippen molar-refractivity contribution in [3.05, 3.63) is 102 Å². The van der Waals surface area contributed by atoms with Crippen LogP contribution in [0.5, 0.6) is 11.5 Å². The Morgan fingerprint density at radius 1 is 0.857 bits per heavy atom. The summed E-state index contributed by atoms with van der Waals surface area (Å²) in [6.07, 6.45) is 0. The van der Waals surface area contributed by atoms with E-state index in [4.69, 9.17) is 9.47 Å². The van der Waals surface area contributed by atoms with Crippen LogP contribution in [-0.4, -0.2) is 12.5 Å². The molecule has 4 nitrogen and oxygen atoms in total. The SMILES string of the molecule is C=C(C)COc1ccccc1C(=O)Nc1ccccc1OCc1ccccc1. The number of hydrogen-bond donors (Lipinski definition) is 1. The van der Waals surface area contributed by atoms with E-state index in [9.17, 15) is 4.79 Å². The van der Waals surface area contributed by atoms with Crippen LogP contribution in [-0.2, 0) is 6.61 Å². The fraction of sp³-hybridized carbons (Fsp3) is 0.125. The highest BCUT2D eigenvalue weighted by Gasteiger charge is 2.14. The van der Waals surface area contributed by atoms with Crippen molar-refractivity contribution in [3.63, 3.8) is 0 Å². The van der Waals surface area contributed by atoms with Crippen molar-refractivity contribution in [2.75, 3.05) is 11.9 Å². The molecule has 0 aliphatic heterocycles. The Bertz CT molecular complexity index is 951. The Kier molecular flexibility index (Phi) is 6.47. The number of carbonyl (C=O) groups is 1. The zero-order valence-corrected chi connectivity index (χ0v) is 15.9. The zero-order valence-electron chi connectivity index (χ0n) is 15.9. The van der Waals surface area contributed by atoms with E-state index >= 15 is 0 Å². The van der Waals surface area contributed by atoms with Crippen LogP contribution in [0.1, 0.15) is 22.8 Å². The van der Waals surface area contributed by atoms with E-state index in [1.807, 2.05) is 67.6 Å². The lowest BCUT2D eigenvalue weighted by Crippen LogP contribution is -2.15. The summed E-state index contributed by atoms with van der Waals surface area (Å²) in [6, 6.07) is 24.4. The van der Waals surface area contributed by atoms with E-state index in [0.29, 0.717) is 36.0 Å². The molecular formula is C24H23NO3. The predicted molar refractivity (Wildman–Crippen MR) is 112 cm³/mol. The summed E-state index contributed by atoms with van der Waals surface area (Å²) in [5, 5.41) is 2.92. The molecule has 0 fully saturated rings. The highest BCUT2D eigenvalue weighted by atomic mass is 16.5. The van der Waals surface area contributed by atoms with Crippen LogP contribution in [0.25, 0.3) is 0 Å². The average molecular weight is 373 g/mol. The number of benzene rings is 3. The maximum atomic E-state index is 12.8. The van der Waals surface area contributed by atoms with Gasteiger partial charge in [0.25, 0.3) is 5.91 Å². The van der Waals surface area contributed by atoms with Crippen molar-refractivity contribution < 1.29 is 14.3 Å². The fourth-order valence-electron chi connectivity index (χ4n) is 2.60. The Balaban J connectivity index is 1.73. The van der Waals surface area contributed by atoms with Crippen molar-refractivity contribution >= 4 is 11.6 Å². The quantitative estimate of drug-likeness (QED) is 0.532. The van der Waals surface area contributed by atoms with E-state index in [2.05, 4.69) is 11.9 Å². The molecule has 0 radical (unpaired) electrons. The first-order chi connectivity index (χ1) is 13.6. The highest BCUT2D eigenvalue weighted by Crippen LogP contribution is 2.27. The first kappa shape index (κ1) is 19.2. The summed E-state index contributed by atoms with van der Waals surface area (Å²) >= 11 is 0. The molecule has 142 valence electrons. The van der Waals surface area contributed by atoms with Gasteiger partial charge in [-0.2, -0.15) is 0 Å².